The Morgan fingerprint density at radius 1 is 1.26 bits per heavy atom. The van der Waals surface area contributed by atoms with Crippen LogP contribution in [0.4, 0.5) is 0 Å². The van der Waals surface area contributed by atoms with Gasteiger partial charge >= 0.3 is 0 Å². The van der Waals surface area contributed by atoms with Gasteiger partial charge in [0.1, 0.15) is 0 Å². The molecular formula is C19H27N3O. The van der Waals surface area contributed by atoms with Gasteiger partial charge in [0.25, 0.3) is 5.91 Å². The molecule has 2 N–H and O–H groups in total. The molecule has 1 aliphatic rings. The van der Waals surface area contributed by atoms with E-state index in [1.165, 1.54) is 0 Å². The number of likely N-dealkylation sites (tertiary alicyclic amines) is 1. The van der Waals surface area contributed by atoms with Crippen LogP contribution in [-0.2, 0) is 6.54 Å². The van der Waals surface area contributed by atoms with Crippen molar-refractivity contribution in [2.75, 3.05) is 26.2 Å². The predicted octanol–water partition coefficient (Wildman–Crippen LogP) is 2.42. The second-order valence-electron chi connectivity index (χ2n) is 6.10. The molecule has 1 saturated heterocycles. The Kier molecular flexibility index (Phi) is 6.56. The molecule has 124 valence electrons. The summed E-state index contributed by atoms with van der Waals surface area (Å²) in [6.07, 6.45) is 5.54. The summed E-state index contributed by atoms with van der Waals surface area (Å²) in [5.41, 5.74) is 7.80. The Morgan fingerprint density at radius 3 is 2.52 bits per heavy atom. The molecule has 4 heteroatoms. The number of nitrogens with zero attached hydrogens (tertiary/aromatic N) is 2. The molecule has 4 nitrogen and oxygen atoms in total. The number of carbonyl (C=O) groups is 1. The molecule has 1 aliphatic heterocycles. The van der Waals surface area contributed by atoms with Gasteiger partial charge in [0.15, 0.2) is 0 Å². The molecule has 0 atom stereocenters. The zero-order valence-electron chi connectivity index (χ0n) is 13.8. The fourth-order valence-electron chi connectivity index (χ4n) is 2.91. The fourth-order valence-corrected chi connectivity index (χ4v) is 2.91. The first kappa shape index (κ1) is 17.4. The Bertz CT molecular complexity index is 537. The molecule has 23 heavy (non-hydrogen) atoms. The lowest BCUT2D eigenvalue weighted by Gasteiger charge is -2.30. The SMILES string of the molecule is C=CCN(CC=C)Cc1cccc(C(=O)N2CCC(N)CC2)c1. The molecule has 0 saturated carbocycles. The second-order valence-corrected chi connectivity index (χ2v) is 6.10. The highest BCUT2D eigenvalue weighted by atomic mass is 16.2. The third-order valence-corrected chi connectivity index (χ3v) is 4.18. The van der Waals surface area contributed by atoms with E-state index in [2.05, 4.69) is 24.1 Å². The Labute approximate surface area is 139 Å². The van der Waals surface area contributed by atoms with Crippen molar-refractivity contribution in [1.82, 2.24) is 9.80 Å². The van der Waals surface area contributed by atoms with E-state index in [0.29, 0.717) is 0 Å². The van der Waals surface area contributed by atoms with Crippen LogP contribution in [0.3, 0.4) is 0 Å². The van der Waals surface area contributed by atoms with Crippen LogP contribution < -0.4 is 5.73 Å². The van der Waals surface area contributed by atoms with Crippen molar-refractivity contribution in [3.8, 4) is 0 Å². The number of hydrogen-bond donors (Lipinski definition) is 1. The predicted molar refractivity (Wildman–Crippen MR) is 95.2 cm³/mol. The Morgan fingerprint density at radius 2 is 1.91 bits per heavy atom. The number of carbonyl (C=O) groups excluding carboxylic acids is 1. The summed E-state index contributed by atoms with van der Waals surface area (Å²) in [5, 5.41) is 0. The number of amides is 1. The third-order valence-electron chi connectivity index (χ3n) is 4.18. The zero-order valence-corrected chi connectivity index (χ0v) is 13.8. The number of benzene rings is 1. The maximum Gasteiger partial charge on any atom is 0.253 e. The molecule has 0 aromatic heterocycles. The monoisotopic (exact) mass is 313 g/mol. The van der Waals surface area contributed by atoms with Crippen LogP contribution in [0, 0.1) is 0 Å². The van der Waals surface area contributed by atoms with Gasteiger partial charge in [0.05, 0.1) is 0 Å². The van der Waals surface area contributed by atoms with Crippen molar-refractivity contribution >= 4 is 5.91 Å². The molecule has 0 radical (unpaired) electrons. The minimum absolute atomic E-state index is 0.109. The van der Waals surface area contributed by atoms with Crippen LogP contribution in [0.15, 0.2) is 49.6 Å². The molecule has 0 spiro atoms. The number of rotatable bonds is 7. The van der Waals surface area contributed by atoms with E-state index in [1.54, 1.807) is 0 Å². The average Bonchev–Trinajstić information content (AvgIpc) is 2.56. The van der Waals surface area contributed by atoms with E-state index in [-0.39, 0.29) is 11.9 Å². The summed E-state index contributed by atoms with van der Waals surface area (Å²) in [4.78, 5) is 16.8. The van der Waals surface area contributed by atoms with Gasteiger partial charge in [-0.15, -0.1) is 13.2 Å². The Hall–Kier alpha value is -1.91. The lowest BCUT2D eigenvalue weighted by Crippen LogP contribution is -2.42. The van der Waals surface area contributed by atoms with E-state index in [1.807, 2.05) is 35.3 Å². The van der Waals surface area contributed by atoms with E-state index in [4.69, 9.17) is 5.73 Å². The van der Waals surface area contributed by atoms with Gasteiger partial charge in [0, 0.05) is 44.3 Å². The van der Waals surface area contributed by atoms with Gasteiger partial charge < -0.3 is 10.6 Å². The van der Waals surface area contributed by atoms with E-state index >= 15 is 0 Å². The van der Waals surface area contributed by atoms with Crippen molar-refractivity contribution in [2.45, 2.75) is 25.4 Å². The van der Waals surface area contributed by atoms with Crippen LogP contribution >= 0.6 is 0 Å². The molecule has 1 amide bonds. The summed E-state index contributed by atoms with van der Waals surface area (Å²) >= 11 is 0. The average molecular weight is 313 g/mol. The zero-order chi connectivity index (χ0) is 16.7. The lowest BCUT2D eigenvalue weighted by molar-refractivity contribution is 0.0714. The number of hydrogen-bond acceptors (Lipinski definition) is 3. The van der Waals surface area contributed by atoms with E-state index in [0.717, 1.165) is 56.7 Å². The molecule has 0 aliphatic carbocycles. The normalized spacial score (nSPS) is 15.7. The summed E-state index contributed by atoms with van der Waals surface area (Å²) < 4.78 is 0. The Balaban J connectivity index is 2.04. The van der Waals surface area contributed by atoms with Crippen LogP contribution in [0.5, 0.6) is 0 Å². The van der Waals surface area contributed by atoms with Gasteiger partial charge in [-0.05, 0) is 30.5 Å². The second kappa shape index (κ2) is 8.65. The number of nitrogens with two attached hydrogens (primary N) is 1. The summed E-state index contributed by atoms with van der Waals surface area (Å²) in [6.45, 7) is 11.5. The molecule has 0 bridgehead atoms. The van der Waals surface area contributed by atoms with Crippen LogP contribution in [-0.4, -0.2) is 47.9 Å². The van der Waals surface area contributed by atoms with E-state index < -0.39 is 0 Å². The maximum absolute atomic E-state index is 12.6. The fraction of sp³-hybridized carbons (Fsp3) is 0.421. The lowest BCUT2D eigenvalue weighted by atomic mass is 10.0. The van der Waals surface area contributed by atoms with E-state index in [9.17, 15) is 4.79 Å². The van der Waals surface area contributed by atoms with Crippen molar-refractivity contribution < 1.29 is 4.79 Å². The first-order valence-electron chi connectivity index (χ1n) is 8.22. The highest BCUT2D eigenvalue weighted by Gasteiger charge is 2.21. The first-order chi connectivity index (χ1) is 11.1. The molecule has 1 fully saturated rings. The van der Waals surface area contributed by atoms with Crippen LogP contribution in [0.1, 0.15) is 28.8 Å². The molecule has 1 aromatic carbocycles. The standard InChI is InChI=1S/C19H27N3O/c1-3-10-21(11-4-2)15-16-6-5-7-17(14-16)19(23)22-12-8-18(20)9-13-22/h3-7,14,18H,1-2,8-13,15,20H2. The van der Waals surface area contributed by atoms with Crippen molar-refractivity contribution in [2.24, 2.45) is 5.73 Å². The summed E-state index contributed by atoms with van der Waals surface area (Å²) in [7, 11) is 0. The van der Waals surface area contributed by atoms with Gasteiger partial charge in [-0.1, -0.05) is 24.3 Å². The minimum Gasteiger partial charge on any atom is -0.339 e. The van der Waals surface area contributed by atoms with Crippen molar-refractivity contribution in [3.05, 3.63) is 60.7 Å². The maximum atomic E-state index is 12.6. The largest absolute Gasteiger partial charge is 0.339 e. The first-order valence-corrected chi connectivity index (χ1v) is 8.22. The van der Waals surface area contributed by atoms with Crippen LogP contribution in [0.25, 0.3) is 0 Å². The van der Waals surface area contributed by atoms with Gasteiger partial charge in [-0.25, -0.2) is 0 Å². The highest BCUT2D eigenvalue weighted by Crippen LogP contribution is 2.15. The van der Waals surface area contributed by atoms with Crippen molar-refractivity contribution in [1.29, 1.82) is 0 Å². The summed E-state index contributed by atoms with van der Waals surface area (Å²) in [6, 6.07) is 8.14. The minimum atomic E-state index is 0.109. The highest BCUT2D eigenvalue weighted by molar-refractivity contribution is 5.94. The number of piperidine rings is 1. The van der Waals surface area contributed by atoms with Crippen LogP contribution in [0.2, 0.25) is 0 Å². The molecule has 1 heterocycles. The smallest absolute Gasteiger partial charge is 0.253 e. The summed E-state index contributed by atoms with van der Waals surface area (Å²) in [5.74, 6) is 0.109. The molecular weight excluding hydrogens is 286 g/mol. The molecule has 2 rings (SSSR count). The van der Waals surface area contributed by atoms with Gasteiger partial charge in [0.2, 0.25) is 0 Å². The quantitative estimate of drug-likeness (QED) is 0.787. The molecule has 1 aromatic rings. The van der Waals surface area contributed by atoms with Gasteiger partial charge in [-0.2, -0.15) is 0 Å². The van der Waals surface area contributed by atoms with Gasteiger partial charge in [-0.3, -0.25) is 9.69 Å². The topological polar surface area (TPSA) is 49.6 Å². The third kappa shape index (κ3) is 5.05. The molecule has 0 unspecified atom stereocenters. The van der Waals surface area contributed by atoms with Crippen molar-refractivity contribution in [3.63, 3.8) is 0 Å².